The number of fused-ring (bicyclic) bond motifs is 1. The minimum atomic E-state index is -0.242. The summed E-state index contributed by atoms with van der Waals surface area (Å²) in [6.45, 7) is 3.46. The van der Waals surface area contributed by atoms with Gasteiger partial charge < -0.3 is 15.1 Å². The fraction of sp³-hybridized carbons (Fsp3) is 0.435. The quantitative estimate of drug-likeness (QED) is 0.238. The summed E-state index contributed by atoms with van der Waals surface area (Å²) in [6.07, 6.45) is 5.38. The molecule has 1 atom stereocenters. The van der Waals surface area contributed by atoms with Crippen LogP contribution in [0.2, 0.25) is 0 Å². The van der Waals surface area contributed by atoms with Gasteiger partial charge in [-0.25, -0.2) is 0 Å². The minimum absolute atomic E-state index is 0. The third-order valence-corrected chi connectivity index (χ3v) is 5.90. The maximum absolute atomic E-state index is 12.5. The molecule has 1 fully saturated rings. The molecule has 1 saturated heterocycles. The van der Waals surface area contributed by atoms with Crippen LogP contribution in [0.25, 0.3) is 0 Å². The van der Waals surface area contributed by atoms with Gasteiger partial charge >= 0.3 is 0 Å². The van der Waals surface area contributed by atoms with Gasteiger partial charge in [-0.3, -0.25) is 24.4 Å². The highest BCUT2D eigenvalue weighted by Gasteiger charge is 2.34. The fourth-order valence-electron chi connectivity index (χ4n) is 4.26. The topological polar surface area (TPSA) is 90.2 Å². The first kappa shape index (κ1) is 24.2. The molecule has 2 N–H and O–H groups in total. The Hall–Kier alpha value is -2.40. The van der Waals surface area contributed by atoms with Crippen LogP contribution >= 0.6 is 24.0 Å². The molecule has 9 heteroatoms. The van der Waals surface area contributed by atoms with Crippen LogP contribution in [0.5, 0.6) is 0 Å². The highest BCUT2D eigenvalue weighted by Crippen LogP contribution is 2.24. The van der Waals surface area contributed by atoms with E-state index < -0.39 is 0 Å². The van der Waals surface area contributed by atoms with E-state index in [0.29, 0.717) is 30.2 Å². The van der Waals surface area contributed by atoms with Crippen molar-refractivity contribution in [3.8, 4) is 0 Å². The third-order valence-electron chi connectivity index (χ3n) is 5.90. The number of nitrogens with one attached hydrogen (secondary N) is 2. The number of aliphatic imine (C=N–C) groups is 1. The van der Waals surface area contributed by atoms with Gasteiger partial charge in [-0.1, -0.05) is 18.6 Å². The number of carbonyl (C=O) groups is 2. The number of piperidine rings is 1. The summed E-state index contributed by atoms with van der Waals surface area (Å²) in [7, 11) is 1.71. The number of imide groups is 1. The number of halogens is 1. The van der Waals surface area contributed by atoms with Crippen molar-refractivity contribution in [2.45, 2.75) is 25.3 Å². The van der Waals surface area contributed by atoms with Crippen LogP contribution in [-0.4, -0.2) is 67.3 Å². The van der Waals surface area contributed by atoms with Crippen molar-refractivity contribution in [2.75, 3.05) is 39.8 Å². The first-order valence-corrected chi connectivity index (χ1v) is 10.9. The first-order valence-electron chi connectivity index (χ1n) is 10.9. The Balaban J connectivity index is 0.00000289. The smallest absolute Gasteiger partial charge is 0.261 e. The van der Waals surface area contributed by atoms with Crippen LogP contribution < -0.4 is 10.6 Å². The molecule has 172 valence electrons. The van der Waals surface area contributed by atoms with E-state index in [4.69, 9.17) is 4.42 Å². The molecule has 1 aromatic carbocycles. The van der Waals surface area contributed by atoms with Crippen LogP contribution in [0, 0.1) is 0 Å². The van der Waals surface area contributed by atoms with Gasteiger partial charge in [-0.2, -0.15) is 0 Å². The first-order chi connectivity index (χ1) is 15.2. The zero-order valence-corrected chi connectivity index (χ0v) is 20.6. The lowest BCUT2D eigenvalue weighted by Gasteiger charge is -2.33. The molecule has 8 nitrogen and oxygen atoms in total. The van der Waals surface area contributed by atoms with Gasteiger partial charge in [0.05, 0.1) is 23.4 Å². The summed E-state index contributed by atoms with van der Waals surface area (Å²) in [4.78, 5) is 33.0. The summed E-state index contributed by atoms with van der Waals surface area (Å²) in [5, 5.41) is 6.58. The predicted molar refractivity (Wildman–Crippen MR) is 133 cm³/mol. The number of amides is 2. The molecule has 2 aliphatic heterocycles. The number of carbonyl (C=O) groups excluding carboxylic acids is 2. The Labute approximate surface area is 205 Å². The summed E-state index contributed by atoms with van der Waals surface area (Å²) in [5.41, 5.74) is 0.940. The molecule has 32 heavy (non-hydrogen) atoms. The standard InChI is InChI=1S/C23H29N5O3.HI/c1-24-23(25-11-14-28-21(29)17-8-3-4-9-18(17)22(28)30)26-16-19(20-10-7-15-31-20)27-12-5-2-6-13-27;/h3-4,7-10,15,19H,2,5-6,11-14,16H2,1H3,(H2,24,25,26);1H. The van der Waals surface area contributed by atoms with E-state index >= 15 is 0 Å². The van der Waals surface area contributed by atoms with Crippen molar-refractivity contribution in [1.82, 2.24) is 20.4 Å². The fourth-order valence-corrected chi connectivity index (χ4v) is 4.26. The molecular formula is C23H30IN5O3. The van der Waals surface area contributed by atoms with E-state index in [1.165, 1.54) is 24.2 Å². The number of furan rings is 1. The Morgan fingerprint density at radius 3 is 2.31 bits per heavy atom. The molecule has 0 aliphatic carbocycles. The number of likely N-dealkylation sites (tertiary alicyclic amines) is 1. The average molecular weight is 551 g/mol. The Morgan fingerprint density at radius 2 is 1.72 bits per heavy atom. The SMILES string of the molecule is CN=C(NCCN1C(=O)c2ccccc2C1=O)NCC(c1ccco1)N1CCCCC1.I. The van der Waals surface area contributed by atoms with Crippen LogP contribution in [0.1, 0.15) is 51.8 Å². The number of guanidine groups is 1. The Morgan fingerprint density at radius 1 is 1.03 bits per heavy atom. The molecule has 0 saturated carbocycles. The second-order valence-electron chi connectivity index (χ2n) is 7.82. The normalized spacial score (nSPS) is 17.7. The van der Waals surface area contributed by atoms with Gasteiger partial charge in [0, 0.05) is 26.7 Å². The van der Waals surface area contributed by atoms with Gasteiger partial charge in [0.2, 0.25) is 0 Å². The van der Waals surface area contributed by atoms with E-state index in [-0.39, 0.29) is 48.4 Å². The van der Waals surface area contributed by atoms with E-state index in [9.17, 15) is 9.59 Å². The highest BCUT2D eigenvalue weighted by molar-refractivity contribution is 14.0. The largest absolute Gasteiger partial charge is 0.468 e. The molecule has 1 unspecified atom stereocenters. The van der Waals surface area contributed by atoms with Gasteiger partial charge in [-0.15, -0.1) is 24.0 Å². The van der Waals surface area contributed by atoms with Gasteiger partial charge in [0.25, 0.3) is 11.8 Å². The molecule has 0 radical (unpaired) electrons. The molecule has 0 bridgehead atoms. The molecule has 2 amide bonds. The van der Waals surface area contributed by atoms with E-state index in [1.54, 1.807) is 37.6 Å². The lowest BCUT2D eigenvalue weighted by atomic mass is 10.1. The Bertz CT molecular complexity index is 906. The number of nitrogens with zero attached hydrogens (tertiary/aromatic N) is 3. The number of hydrogen-bond donors (Lipinski definition) is 2. The molecule has 4 rings (SSSR count). The maximum atomic E-state index is 12.5. The molecular weight excluding hydrogens is 521 g/mol. The number of benzene rings is 1. The monoisotopic (exact) mass is 551 g/mol. The van der Waals surface area contributed by atoms with E-state index in [0.717, 1.165) is 18.8 Å². The minimum Gasteiger partial charge on any atom is -0.468 e. The van der Waals surface area contributed by atoms with Crippen molar-refractivity contribution in [3.63, 3.8) is 0 Å². The average Bonchev–Trinajstić information content (AvgIpc) is 3.42. The van der Waals surface area contributed by atoms with E-state index in [1.807, 2.05) is 12.1 Å². The van der Waals surface area contributed by atoms with Gasteiger partial charge in [0.15, 0.2) is 5.96 Å². The van der Waals surface area contributed by atoms with Crippen LogP contribution in [0.3, 0.4) is 0 Å². The number of rotatable bonds is 7. The Kier molecular flexibility index (Phi) is 8.68. The van der Waals surface area contributed by atoms with Crippen molar-refractivity contribution < 1.29 is 14.0 Å². The second kappa shape index (κ2) is 11.5. The molecule has 0 spiro atoms. The zero-order chi connectivity index (χ0) is 21.6. The summed E-state index contributed by atoms with van der Waals surface area (Å²) in [5.74, 6) is 1.09. The molecule has 1 aromatic heterocycles. The lowest BCUT2D eigenvalue weighted by molar-refractivity contribution is 0.0657. The molecule has 2 aromatic rings. The van der Waals surface area contributed by atoms with Crippen molar-refractivity contribution in [1.29, 1.82) is 0 Å². The second-order valence-corrected chi connectivity index (χ2v) is 7.82. The van der Waals surface area contributed by atoms with Crippen molar-refractivity contribution in [3.05, 3.63) is 59.5 Å². The van der Waals surface area contributed by atoms with Gasteiger partial charge in [-0.05, 0) is 50.2 Å². The van der Waals surface area contributed by atoms with E-state index in [2.05, 4.69) is 20.5 Å². The summed E-state index contributed by atoms with van der Waals surface area (Å²) >= 11 is 0. The van der Waals surface area contributed by atoms with Crippen LogP contribution in [0.15, 0.2) is 52.1 Å². The summed E-state index contributed by atoms with van der Waals surface area (Å²) in [6, 6.07) is 11.0. The van der Waals surface area contributed by atoms with Gasteiger partial charge in [0.1, 0.15) is 5.76 Å². The highest BCUT2D eigenvalue weighted by atomic mass is 127. The third kappa shape index (κ3) is 5.32. The zero-order valence-electron chi connectivity index (χ0n) is 18.3. The van der Waals surface area contributed by atoms with Crippen molar-refractivity contribution >= 4 is 41.8 Å². The maximum Gasteiger partial charge on any atom is 0.261 e. The lowest BCUT2D eigenvalue weighted by Crippen LogP contribution is -2.46. The predicted octanol–water partition coefficient (Wildman–Crippen LogP) is 2.89. The molecule has 3 heterocycles. The summed E-state index contributed by atoms with van der Waals surface area (Å²) < 4.78 is 5.69. The number of hydrogen-bond acceptors (Lipinski definition) is 5. The van der Waals surface area contributed by atoms with Crippen LogP contribution in [-0.2, 0) is 0 Å². The van der Waals surface area contributed by atoms with Crippen molar-refractivity contribution in [2.24, 2.45) is 4.99 Å². The van der Waals surface area contributed by atoms with Crippen LogP contribution in [0.4, 0.5) is 0 Å². The molecule has 2 aliphatic rings.